The highest BCUT2D eigenvalue weighted by molar-refractivity contribution is 7.89. The van der Waals surface area contributed by atoms with E-state index in [1.165, 1.54) is 36.7 Å². The van der Waals surface area contributed by atoms with E-state index in [1.807, 2.05) is 0 Å². The molecule has 1 atom stereocenters. The Balaban J connectivity index is 2.14. The van der Waals surface area contributed by atoms with E-state index in [1.54, 1.807) is 6.92 Å². The van der Waals surface area contributed by atoms with Gasteiger partial charge in [-0.25, -0.2) is 13.2 Å². The molecule has 168 valence electrons. The smallest absolute Gasteiger partial charge is 0.338 e. The standard InChI is InChI=1S/C20H30N2O7S/c1-15(13-27-2)21-19(23)14-29-20(24)16-8-9-17(28-3)18(12-16)30(25,26)22-10-6-4-5-7-11-22/h8-9,12,15H,4-7,10-11,13-14H2,1-3H3,(H,21,23). The molecule has 1 saturated heterocycles. The van der Waals surface area contributed by atoms with Crippen molar-refractivity contribution in [2.75, 3.05) is 40.5 Å². The van der Waals surface area contributed by atoms with Crippen LogP contribution in [0.3, 0.4) is 0 Å². The van der Waals surface area contributed by atoms with E-state index in [0.29, 0.717) is 19.7 Å². The number of benzene rings is 1. The van der Waals surface area contributed by atoms with E-state index in [0.717, 1.165) is 25.7 Å². The summed E-state index contributed by atoms with van der Waals surface area (Å²) in [5.41, 5.74) is 0.0296. The molecule has 0 radical (unpaired) electrons. The lowest BCUT2D eigenvalue weighted by Gasteiger charge is -2.21. The Morgan fingerprint density at radius 2 is 1.80 bits per heavy atom. The van der Waals surface area contributed by atoms with Gasteiger partial charge in [-0.2, -0.15) is 4.31 Å². The number of carbonyl (C=O) groups excluding carboxylic acids is 2. The van der Waals surface area contributed by atoms with Crippen molar-refractivity contribution >= 4 is 21.9 Å². The van der Waals surface area contributed by atoms with Crippen LogP contribution in [-0.4, -0.2) is 71.2 Å². The zero-order chi connectivity index (χ0) is 22.1. The van der Waals surface area contributed by atoms with Gasteiger partial charge < -0.3 is 19.5 Å². The predicted molar refractivity (Wildman–Crippen MR) is 110 cm³/mol. The Morgan fingerprint density at radius 3 is 2.40 bits per heavy atom. The molecular weight excluding hydrogens is 412 g/mol. The molecule has 0 saturated carbocycles. The highest BCUT2D eigenvalue weighted by Crippen LogP contribution is 2.29. The van der Waals surface area contributed by atoms with Crippen molar-refractivity contribution < 1.29 is 32.2 Å². The van der Waals surface area contributed by atoms with E-state index < -0.39 is 28.5 Å². The highest BCUT2D eigenvalue weighted by Gasteiger charge is 2.29. The first kappa shape index (κ1) is 24.1. The second-order valence-corrected chi connectivity index (χ2v) is 9.09. The molecule has 1 unspecified atom stereocenters. The van der Waals surface area contributed by atoms with Crippen molar-refractivity contribution in [3.63, 3.8) is 0 Å². The average Bonchev–Trinajstić information content (AvgIpc) is 3.01. The molecule has 1 N–H and O–H groups in total. The van der Waals surface area contributed by atoms with Gasteiger partial charge in [0.2, 0.25) is 10.0 Å². The number of nitrogens with zero attached hydrogens (tertiary/aromatic N) is 1. The van der Waals surface area contributed by atoms with Crippen molar-refractivity contribution in [3.05, 3.63) is 23.8 Å². The first-order chi connectivity index (χ1) is 14.3. The summed E-state index contributed by atoms with van der Waals surface area (Å²) in [5.74, 6) is -1.11. The summed E-state index contributed by atoms with van der Waals surface area (Å²) < 4.78 is 42.9. The molecule has 1 fully saturated rings. The molecule has 0 aromatic heterocycles. The third-order valence-corrected chi connectivity index (χ3v) is 6.66. The summed E-state index contributed by atoms with van der Waals surface area (Å²) >= 11 is 0. The molecule has 0 spiro atoms. The molecule has 1 amide bonds. The summed E-state index contributed by atoms with van der Waals surface area (Å²) in [6.45, 7) is 2.47. The third-order valence-electron chi connectivity index (χ3n) is 4.74. The number of methoxy groups -OCH3 is 2. The predicted octanol–water partition coefficient (Wildman–Crippen LogP) is 1.57. The topological polar surface area (TPSA) is 111 Å². The number of nitrogens with one attached hydrogen (secondary N) is 1. The zero-order valence-electron chi connectivity index (χ0n) is 17.7. The number of hydrogen-bond donors (Lipinski definition) is 1. The fourth-order valence-electron chi connectivity index (χ4n) is 3.25. The van der Waals surface area contributed by atoms with Crippen LogP contribution in [0.2, 0.25) is 0 Å². The summed E-state index contributed by atoms with van der Waals surface area (Å²) in [6.07, 6.45) is 3.56. The van der Waals surface area contributed by atoms with Crippen LogP contribution in [0.25, 0.3) is 0 Å². The molecule has 1 aliphatic rings. The lowest BCUT2D eigenvalue weighted by Crippen LogP contribution is -2.38. The van der Waals surface area contributed by atoms with Gasteiger partial charge in [-0.15, -0.1) is 0 Å². The second kappa shape index (κ2) is 11.3. The number of ether oxygens (including phenoxy) is 3. The maximum absolute atomic E-state index is 13.2. The lowest BCUT2D eigenvalue weighted by atomic mass is 10.2. The summed E-state index contributed by atoms with van der Waals surface area (Å²) in [4.78, 5) is 24.2. The number of sulfonamides is 1. The Morgan fingerprint density at radius 1 is 1.13 bits per heavy atom. The van der Waals surface area contributed by atoms with Crippen LogP contribution in [0.1, 0.15) is 43.0 Å². The number of rotatable bonds is 9. The fourth-order valence-corrected chi connectivity index (χ4v) is 4.95. The van der Waals surface area contributed by atoms with Gasteiger partial charge in [-0.3, -0.25) is 4.79 Å². The van der Waals surface area contributed by atoms with E-state index in [9.17, 15) is 18.0 Å². The molecule has 0 aliphatic carbocycles. The van der Waals surface area contributed by atoms with Crippen LogP contribution in [0.4, 0.5) is 0 Å². The van der Waals surface area contributed by atoms with E-state index in [4.69, 9.17) is 14.2 Å². The zero-order valence-corrected chi connectivity index (χ0v) is 18.5. The minimum Gasteiger partial charge on any atom is -0.495 e. The highest BCUT2D eigenvalue weighted by atomic mass is 32.2. The number of carbonyl (C=O) groups is 2. The third kappa shape index (κ3) is 6.41. The fraction of sp³-hybridized carbons (Fsp3) is 0.600. The van der Waals surface area contributed by atoms with Gasteiger partial charge in [0, 0.05) is 26.2 Å². The second-order valence-electron chi connectivity index (χ2n) is 7.18. The monoisotopic (exact) mass is 442 g/mol. The number of amides is 1. The van der Waals surface area contributed by atoms with Crippen molar-refractivity contribution in [1.29, 1.82) is 0 Å². The largest absolute Gasteiger partial charge is 0.495 e. The molecule has 9 nitrogen and oxygen atoms in total. The first-order valence-electron chi connectivity index (χ1n) is 9.93. The summed E-state index contributed by atoms with van der Waals surface area (Å²) in [6, 6.07) is 3.84. The number of esters is 1. The van der Waals surface area contributed by atoms with Crippen LogP contribution < -0.4 is 10.1 Å². The minimum atomic E-state index is -3.83. The van der Waals surface area contributed by atoms with Gasteiger partial charge in [0.1, 0.15) is 10.6 Å². The van der Waals surface area contributed by atoms with Crippen LogP contribution in [0, 0.1) is 0 Å². The van der Waals surface area contributed by atoms with Crippen molar-refractivity contribution in [3.8, 4) is 5.75 Å². The van der Waals surface area contributed by atoms with Crippen LogP contribution in [0.15, 0.2) is 23.1 Å². The summed E-state index contributed by atoms with van der Waals surface area (Å²) in [7, 11) is -0.937. The van der Waals surface area contributed by atoms with E-state index in [2.05, 4.69) is 5.32 Å². The molecule has 0 bridgehead atoms. The van der Waals surface area contributed by atoms with Gasteiger partial charge in [0.25, 0.3) is 5.91 Å². The van der Waals surface area contributed by atoms with E-state index >= 15 is 0 Å². The van der Waals surface area contributed by atoms with E-state index in [-0.39, 0.29) is 22.3 Å². The molecular formula is C20H30N2O7S. The quantitative estimate of drug-likeness (QED) is 0.578. The molecule has 1 aliphatic heterocycles. The van der Waals surface area contributed by atoms with Gasteiger partial charge in [-0.1, -0.05) is 12.8 Å². The Bertz CT molecular complexity index is 834. The summed E-state index contributed by atoms with van der Waals surface area (Å²) in [5, 5.41) is 2.63. The molecule has 1 heterocycles. The van der Waals surface area contributed by atoms with Crippen LogP contribution >= 0.6 is 0 Å². The van der Waals surface area contributed by atoms with Crippen molar-refractivity contribution in [2.24, 2.45) is 0 Å². The van der Waals surface area contributed by atoms with Gasteiger partial charge >= 0.3 is 5.97 Å². The maximum Gasteiger partial charge on any atom is 0.338 e. The number of hydrogen-bond acceptors (Lipinski definition) is 7. The molecule has 1 aromatic rings. The maximum atomic E-state index is 13.2. The van der Waals surface area contributed by atoms with Crippen molar-refractivity contribution in [1.82, 2.24) is 9.62 Å². The van der Waals surface area contributed by atoms with Crippen molar-refractivity contribution in [2.45, 2.75) is 43.5 Å². The van der Waals surface area contributed by atoms with Gasteiger partial charge in [0.15, 0.2) is 6.61 Å². The molecule has 10 heteroatoms. The first-order valence-corrected chi connectivity index (χ1v) is 11.4. The Labute approximate surface area is 177 Å². The SMILES string of the molecule is COCC(C)NC(=O)COC(=O)c1ccc(OC)c(S(=O)(=O)N2CCCCCC2)c1. The lowest BCUT2D eigenvalue weighted by molar-refractivity contribution is -0.125. The minimum absolute atomic E-state index is 0.0296. The van der Waals surface area contributed by atoms with Crippen LogP contribution in [0.5, 0.6) is 5.75 Å². The molecule has 30 heavy (non-hydrogen) atoms. The average molecular weight is 443 g/mol. The molecule has 2 rings (SSSR count). The van der Waals surface area contributed by atoms with Crippen LogP contribution in [-0.2, 0) is 24.3 Å². The normalized spacial score (nSPS) is 16.4. The van der Waals surface area contributed by atoms with Gasteiger partial charge in [0.05, 0.1) is 19.3 Å². The van der Waals surface area contributed by atoms with Gasteiger partial charge in [-0.05, 0) is 38.0 Å². The Hall–Kier alpha value is -2.17. The Kier molecular flexibility index (Phi) is 9.07. The molecule has 1 aromatic carbocycles.